The Balaban J connectivity index is 0.000000438. The lowest BCUT2D eigenvalue weighted by Crippen LogP contribution is -2.13. The lowest BCUT2D eigenvalue weighted by Gasteiger charge is -2.06. The van der Waals surface area contributed by atoms with E-state index in [0.29, 0.717) is 10.0 Å². The Hall–Kier alpha value is -2.13. The van der Waals surface area contributed by atoms with Gasteiger partial charge in [-0.1, -0.05) is 17.7 Å². The van der Waals surface area contributed by atoms with Crippen LogP contribution >= 0.6 is 46.3 Å². The maximum atomic E-state index is 12.2. The number of carbonyl (C=O) groups excluding carboxylic acids is 3. The quantitative estimate of drug-likeness (QED) is 0.446. The van der Waals surface area contributed by atoms with Crippen LogP contribution in [0.25, 0.3) is 11.0 Å². The number of halogens is 3. The van der Waals surface area contributed by atoms with Crippen LogP contribution in [0.3, 0.4) is 0 Å². The van der Waals surface area contributed by atoms with Crippen LogP contribution in [0.5, 0.6) is 0 Å². The van der Waals surface area contributed by atoms with Crippen LogP contribution < -0.4 is 5.32 Å². The van der Waals surface area contributed by atoms with Crippen LogP contribution in [0.15, 0.2) is 18.2 Å². The van der Waals surface area contributed by atoms with E-state index in [1.54, 1.807) is 6.92 Å². The normalized spacial score (nSPS) is 10.3. The van der Waals surface area contributed by atoms with E-state index in [0.717, 1.165) is 33.7 Å². The third kappa shape index (κ3) is 6.43. The van der Waals surface area contributed by atoms with Crippen molar-refractivity contribution in [3.63, 3.8) is 0 Å². The molecule has 1 amide bonds. The molecular formula is C18H15Cl3N4O3S. The van der Waals surface area contributed by atoms with Crippen molar-refractivity contribution >= 4 is 78.8 Å². The van der Waals surface area contributed by atoms with E-state index in [1.165, 1.54) is 11.5 Å². The van der Waals surface area contributed by atoms with Crippen molar-refractivity contribution in [1.82, 2.24) is 14.3 Å². The predicted molar refractivity (Wildman–Crippen MR) is 115 cm³/mol. The number of anilines is 1. The summed E-state index contributed by atoms with van der Waals surface area (Å²) in [5.41, 5.74) is 5.04. The molecule has 152 valence electrons. The highest BCUT2D eigenvalue weighted by Crippen LogP contribution is 2.29. The lowest BCUT2D eigenvalue weighted by atomic mass is 10.1. The van der Waals surface area contributed by atoms with Gasteiger partial charge in [0.05, 0.1) is 39.6 Å². The van der Waals surface area contributed by atoms with Gasteiger partial charge < -0.3 is 5.32 Å². The zero-order chi connectivity index (χ0) is 21.7. The standard InChI is InChI=1S/C16H15ClN4OS.C2Cl2O2/c1-8-9(2)19-13-6-11(4-5-12(13)18-8)7-14(22)20-16-15(17)10(3)21-23-16;3-1(5)2(4)6/h4-6H,7H2,1-3H3,(H,20,22);. The molecule has 29 heavy (non-hydrogen) atoms. The maximum Gasteiger partial charge on any atom is 0.304 e. The minimum absolute atomic E-state index is 0.133. The summed E-state index contributed by atoms with van der Waals surface area (Å²) < 4.78 is 4.11. The molecular weight excluding hydrogens is 459 g/mol. The molecule has 3 aromatic rings. The summed E-state index contributed by atoms with van der Waals surface area (Å²) in [7, 11) is 0. The highest BCUT2D eigenvalue weighted by atomic mass is 35.5. The number of carbonyl (C=O) groups is 3. The second-order valence-corrected chi connectivity index (χ2v) is 7.74. The zero-order valence-electron chi connectivity index (χ0n) is 15.5. The van der Waals surface area contributed by atoms with Gasteiger partial charge in [-0.15, -0.1) is 0 Å². The molecule has 0 unspecified atom stereocenters. The molecule has 1 aromatic carbocycles. The molecule has 0 bridgehead atoms. The monoisotopic (exact) mass is 472 g/mol. The lowest BCUT2D eigenvalue weighted by molar-refractivity contribution is -0.127. The summed E-state index contributed by atoms with van der Waals surface area (Å²) in [6.45, 7) is 5.67. The Morgan fingerprint density at radius 1 is 0.966 bits per heavy atom. The number of hydrogen-bond donors (Lipinski definition) is 1. The number of amides is 1. The Kier molecular flexibility index (Phi) is 8.04. The third-order valence-corrected chi connectivity index (χ3v) is 5.57. The summed E-state index contributed by atoms with van der Waals surface area (Å²) in [6.07, 6.45) is 0.248. The number of nitrogens with zero attached hydrogens (tertiary/aromatic N) is 3. The molecule has 0 saturated carbocycles. The molecule has 3 rings (SSSR count). The third-order valence-electron chi connectivity index (χ3n) is 3.70. The molecule has 11 heteroatoms. The first kappa shape index (κ1) is 23.2. The van der Waals surface area contributed by atoms with Crippen molar-refractivity contribution < 1.29 is 14.4 Å². The van der Waals surface area contributed by atoms with Gasteiger partial charge in [-0.3, -0.25) is 14.4 Å². The first-order chi connectivity index (χ1) is 13.6. The molecule has 0 spiro atoms. The predicted octanol–water partition coefficient (Wildman–Crippen LogP) is 4.36. The zero-order valence-corrected chi connectivity index (χ0v) is 18.6. The second kappa shape index (κ2) is 10.1. The smallest absolute Gasteiger partial charge is 0.304 e. The van der Waals surface area contributed by atoms with Crippen molar-refractivity contribution in [2.24, 2.45) is 0 Å². The molecule has 0 aliphatic heterocycles. The number of aromatic nitrogens is 3. The fraction of sp³-hybridized carbons (Fsp3) is 0.222. The van der Waals surface area contributed by atoms with E-state index >= 15 is 0 Å². The molecule has 2 aromatic heterocycles. The fourth-order valence-electron chi connectivity index (χ4n) is 2.18. The maximum absolute atomic E-state index is 12.2. The molecule has 0 fully saturated rings. The van der Waals surface area contributed by atoms with Crippen molar-refractivity contribution in [2.75, 3.05) is 5.32 Å². The molecule has 0 aliphatic rings. The molecule has 0 aliphatic carbocycles. The first-order valence-electron chi connectivity index (χ1n) is 8.13. The van der Waals surface area contributed by atoms with Crippen molar-refractivity contribution in [3.05, 3.63) is 45.9 Å². The number of aryl methyl sites for hydroxylation is 3. The highest BCUT2D eigenvalue weighted by Gasteiger charge is 2.12. The first-order valence-corrected chi connectivity index (χ1v) is 10.0. The van der Waals surface area contributed by atoms with E-state index in [4.69, 9.17) is 11.6 Å². The number of rotatable bonds is 4. The molecule has 1 N–H and O–H groups in total. The van der Waals surface area contributed by atoms with Crippen LogP contribution in [0.2, 0.25) is 5.02 Å². The van der Waals surface area contributed by atoms with Gasteiger partial charge in [-0.2, -0.15) is 4.37 Å². The summed E-state index contributed by atoms with van der Waals surface area (Å²) in [6, 6.07) is 5.68. The number of benzene rings is 1. The summed E-state index contributed by atoms with van der Waals surface area (Å²) >= 11 is 16.3. The van der Waals surface area contributed by atoms with E-state index in [9.17, 15) is 14.4 Å². The van der Waals surface area contributed by atoms with Crippen LogP contribution in [0, 0.1) is 20.8 Å². The highest BCUT2D eigenvalue weighted by molar-refractivity contribution is 7.11. The van der Waals surface area contributed by atoms with Gasteiger partial charge in [0, 0.05) is 0 Å². The van der Waals surface area contributed by atoms with Crippen molar-refractivity contribution in [2.45, 2.75) is 27.2 Å². The summed E-state index contributed by atoms with van der Waals surface area (Å²) in [5, 5.41) is 1.60. The average molecular weight is 474 g/mol. The fourth-order valence-corrected chi connectivity index (χ4v) is 3.13. The minimum Gasteiger partial charge on any atom is -0.315 e. The van der Waals surface area contributed by atoms with Crippen LogP contribution in [0.1, 0.15) is 22.6 Å². The van der Waals surface area contributed by atoms with Gasteiger partial charge >= 0.3 is 10.5 Å². The van der Waals surface area contributed by atoms with Gasteiger partial charge in [0.2, 0.25) is 5.91 Å². The van der Waals surface area contributed by atoms with Crippen molar-refractivity contribution in [3.8, 4) is 0 Å². The van der Waals surface area contributed by atoms with Crippen LogP contribution in [-0.2, 0) is 20.8 Å². The number of fused-ring (bicyclic) bond motifs is 1. The SMILES string of the molecule is Cc1nc2ccc(CC(=O)Nc3snc(C)c3Cl)cc2nc1C.O=C(Cl)C(=O)Cl. The Morgan fingerprint density at radius 2 is 1.55 bits per heavy atom. The summed E-state index contributed by atoms with van der Waals surface area (Å²) in [4.78, 5) is 40.0. The Bertz CT molecular complexity index is 1090. The van der Waals surface area contributed by atoms with Crippen molar-refractivity contribution in [1.29, 1.82) is 0 Å². The average Bonchev–Trinajstić information content (AvgIpc) is 2.95. The van der Waals surface area contributed by atoms with E-state index in [1.807, 2.05) is 32.0 Å². The minimum atomic E-state index is -1.14. The van der Waals surface area contributed by atoms with Gasteiger partial charge in [0.15, 0.2) is 0 Å². The van der Waals surface area contributed by atoms with Crippen LogP contribution in [-0.4, -0.2) is 30.7 Å². The van der Waals surface area contributed by atoms with Gasteiger partial charge in [-0.05, 0) is 73.2 Å². The van der Waals surface area contributed by atoms with E-state index in [-0.39, 0.29) is 12.3 Å². The molecule has 0 radical (unpaired) electrons. The largest absolute Gasteiger partial charge is 0.315 e. The number of nitrogens with one attached hydrogen (secondary N) is 1. The summed E-state index contributed by atoms with van der Waals surface area (Å²) in [5.74, 6) is -0.133. The second-order valence-electron chi connectivity index (χ2n) is 5.90. The molecule has 0 saturated heterocycles. The molecule has 0 atom stereocenters. The number of hydrogen-bond acceptors (Lipinski definition) is 7. The van der Waals surface area contributed by atoms with Gasteiger partial charge in [-0.25, -0.2) is 9.97 Å². The molecule has 2 heterocycles. The van der Waals surface area contributed by atoms with Gasteiger partial charge in [0.1, 0.15) is 5.00 Å². The molecule has 7 nitrogen and oxygen atoms in total. The Morgan fingerprint density at radius 3 is 2.07 bits per heavy atom. The topological polar surface area (TPSA) is 102 Å². The Labute approximate surface area is 185 Å². The van der Waals surface area contributed by atoms with E-state index < -0.39 is 10.5 Å². The van der Waals surface area contributed by atoms with E-state index in [2.05, 4.69) is 42.9 Å². The van der Waals surface area contributed by atoms with Gasteiger partial charge in [0.25, 0.3) is 0 Å². The van der Waals surface area contributed by atoms with Crippen LogP contribution in [0.4, 0.5) is 5.00 Å².